The van der Waals surface area contributed by atoms with E-state index < -0.39 is 17.7 Å². The first-order valence-electron chi connectivity index (χ1n) is 11.2. The predicted octanol–water partition coefficient (Wildman–Crippen LogP) is 5.61. The summed E-state index contributed by atoms with van der Waals surface area (Å²) >= 11 is 6.12. The summed E-state index contributed by atoms with van der Waals surface area (Å²) in [7, 11) is 0. The number of carbonyl (C=O) groups is 2. The van der Waals surface area contributed by atoms with Crippen LogP contribution in [0.3, 0.4) is 0 Å². The lowest BCUT2D eigenvalue weighted by atomic mass is 9.94. The van der Waals surface area contributed by atoms with Gasteiger partial charge in [-0.15, -0.1) is 0 Å². The van der Waals surface area contributed by atoms with Crippen molar-refractivity contribution in [2.75, 3.05) is 13.2 Å². The molecule has 1 saturated heterocycles. The van der Waals surface area contributed by atoms with E-state index in [1.54, 1.807) is 24.3 Å². The quantitative estimate of drug-likeness (QED) is 0.297. The fourth-order valence-electron chi connectivity index (χ4n) is 3.85. The van der Waals surface area contributed by atoms with Crippen molar-refractivity contribution in [2.45, 2.75) is 46.6 Å². The number of amides is 1. The molecule has 0 spiro atoms. The highest BCUT2D eigenvalue weighted by molar-refractivity contribution is 6.46. The molecule has 2 N–H and O–H groups in total. The number of carbonyl (C=O) groups excluding carboxylic acids is 2. The molecule has 0 aromatic heterocycles. The zero-order valence-corrected chi connectivity index (χ0v) is 20.1. The number of unbranched alkanes of at least 4 members (excludes halogenated alkanes) is 1. The molecule has 1 amide bonds. The van der Waals surface area contributed by atoms with Gasteiger partial charge in [0.1, 0.15) is 17.3 Å². The Balaban J connectivity index is 2.10. The van der Waals surface area contributed by atoms with E-state index in [9.17, 15) is 19.8 Å². The van der Waals surface area contributed by atoms with Crippen LogP contribution in [-0.2, 0) is 9.59 Å². The molecule has 176 valence electrons. The van der Waals surface area contributed by atoms with Gasteiger partial charge in [0.05, 0.1) is 23.2 Å². The van der Waals surface area contributed by atoms with Crippen LogP contribution in [0.2, 0.25) is 5.02 Å². The molecule has 1 heterocycles. The summed E-state index contributed by atoms with van der Waals surface area (Å²) in [6, 6.07) is 8.93. The van der Waals surface area contributed by atoms with Crippen LogP contribution in [0.1, 0.15) is 56.3 Å². The summed E-state index contributed by atoms with van der Waals surface area (Å²) in [4.78, 5) is 27.4. The van der Waals surface area contributed by atoms with E-state index in [0.29, 0.717) is 42.4 Å². The molecule has 3 rings (SSSR count). The summed E-state index contributed by atoms with van der Waals surface area (Å²) in [5.41, 5.74) is 1.79. The van der Waals surface area contributed by atoms with Gasteiger partial charge in [-0.2, -0.15) is 0 Å². The van der Waals surface area contributed by atoms with Gasteiger partial charge < -0.3 is 19.8 Å². The number of hydrogen-bond donors (Lipinski definition) is 2. The Morgan fingerprint density at radius 3 is 2.52 bits per heavy atom. The summed E-state index contributed by atoms with van der Waals surface area (Å²) in [5, 5.41) is 21.1. The van der Waals surface area contributed by atoms with E-state index >= 15 is 0 Å². The molecule has 1 fully saturated rings. The number of aromatic hydroxyl groups is 1. The molecule has 2 aromatic carbocycles. The SMILES string of the molecule is CCCCN1C(=O)C(=O)/C(=C(\O)c2ccc(OCC(C)C)c(C)c2)C1c1ccc(O)c(Cl)c1. The molecule has 0 bridgehead atoms. The Morgan fingerprint density at radius 2 is 1.91 bits per heavy atom. The van der Waals surface area contributed by atoms with Crippen molar-refractivity contribution in [1.82, 2.24) is 4.90 Å². The Labute approximate surface area is 199 Å². The van der Waals surface area contributed by atoms with Crippen molar-refractivity contribution in [2.24, 2.45) is 5.92 Å². The van der Waals surface area contributed by atoms with Crippen LogP contribution in [0.15, 0.2) is 42.0 Å². The highest BCUT2D eigenvalue weighted by atomic mass is 35.5. The maximum atomic E-state index is 13.0. The van der Waals surface area contributed by atoms with Gasteiger partial charge in [0.2, 0.25) is 0 Å². The van der Waals surface area contributed by atoms with Crippen LogP contribution in [0.25, 0.3) is 5.76 Å². The second-order valence-corrected chi connectivity index (χ2v) is 9.15. The van der Waals surface area contributed by atoms with E-state index in [-0.39, 0.29) is 22.1 Å². The molecule has 1 aliphatic rings. The minimum Gasteiger partial charge on any atom is -0.507 e. The number of nitrogens with zero attached hydrogens (tertiary/aromatic N) is 1. The molecular formula is C26H30ClNO5. The van der Waals surface area contributed by atoms with Gasteiger partial charge in [-0.05, 0) is 60.7 Å². The average Bonchev–Trinajstić information content (AvgIpc) is 3.02. The van der Waals surface area contributed by atoms with E-state index in [2.05, 4.69) is 13.8 Å². The standard InChI is InChI=1S/C26H30ClNO5/c1-5-6-11-28-23(17-7-9-20(29)19(27)13-17)22(25(31)26(28)32)24(30)18-8-10-21(16(4)12-18)33-14-15(2)3/h7-10,12-13,15,23,29-30H,5-6,11,14H2,1-4H3/b24-22-. The van der Waals surface area contributed by atoms with Gasteiger partial charge >= 0.3 is 0 Å². The number of likely N-dealkylation sites (tertiary alicyclic amines) is 1. The van der Waals surface area contributed by atoms with Gasteiger partial charge in [0, 0.05) is 12.1 Å². The largest absolute Gasteiger partial charge is 0.507 e. The molecule has 1 unspecified atom stereocenters. The number of Topliss-reactive ketones (excluding diaryl/α,β-unsaturated/α-hetero) is 1. The zero-order valence-electron chi connectivity index (χ0n) is 19.4. The first-order valence-corrected chi connectivity index (χ1v) is 11.5. The lowest BCUT2D eigenvalue weighted by molar-refractivity contribution is -0.139. The van der Waals surface area contributed by atoms with E-state index in [1.807, 2.05) is 13.8 Å². The Kier molecular flexibility index (Phi) is 7.69. The van der Waals surface area contributed by atoms with Crippen LogP contribution in [0.5, 0.6) is 11.5 Å². The molecule has 0 radical (unpaired) electrons. The summed E-state index contributed by atoms with van der Waals surface area (Å²) < 4.78 is 5.81. The van der Waals surface area contributed by atoms with Crippen LogP contribution in [0, 0.1) is 12.8 Å². The third-order valence-corrected chi connectivity index (χ3v) is 5.90. The van der Waals surface area contributed by atoms with Gasteiger partial charge in [0.15, 0.2) is 0 Å². The molecule has 1 aliphatic heterocycles. The second-order valence-electron chi connectivity index (χ2n) is 8.74. The smallest absolute Gasteiger partial charge is 0.295 e. The van der Waals surface area contributed by atoms with Crippen molar-refractivity contribution in [3.8, 4) is 11.5 Å². The minimum absolute atomic E-state index is 0.00751. The normalized spacial score (nSPS) is 17.8. The number of hydrogen-bond acceptors (Lipinski definition) is 5. The summed E-state index contributed by atoms with van der Waals surface area (Å²) in [6.45, 7) is 8.90. The molecule has 0 saturated carbocycles. The van der Waals surface area contributed by atoms with Crippen LogP contribution in [-0.4, -0.2) is 40.0 Å². The number of aliphatic hydroxyl groups excluding tert-OH is 1. The molecule has 33 heavy (non-hydrogen) atoms. The van der Waals surface area contributed by atoms with Crippen LogP contribution >= 0.6 is 11.6 Å². The monoisotopic (exact) mass is 471 g/mol. The number of rotatable bonds is 8. The van der Waals surface area contributed by atoms with Crippen molar-refractivity contribution in [1.29, 1.82) is 0 Å². The van der Waals surface area contributed by atoms with Crippen molar-refractivity contribution in [3.63, 3.8) is 0 Å². The van der Waals surface area contributed by atoms with Crippen molar-refractivity contribution in [3.05, 3.63) is 63.7 Å². The summed E-state index contributed by atoms with van der Waals surface area (Å²) in [5.74, 6) is -0.679. The highest BCUT2D eigenvalue weighted by Gasteiger charge is 2.45. The van der Waals surface area contributed by atoms with Crippen molar-refractivity contribution < 1.29 is 24.5 Å². The predicted molar refractivity (Wildman–Crippen MR) is 129 cm³/mol. The number of benzene rings is 2. The average molecular weight is 472 g/mol. The Morgan fingerprint density at radius 1 is 1.18 bits per heavy atom. The zero-order chi connectivity index (χ0) is 24.3. The van der Waals surface area contributed by atoms with Gasteiger partial charge in [-0.25, -0.2) is 0 Å². The maximum Gasteiger partial charge on any atom is 0.295 e. The second kappa shape index (κ2) is 10.3. The fourth-order valence-corrected chi connectivity index (χ4v) is 4.04. The van der Waals surface area contributed by atoms with Gasteiger partial charge in [-0.3, -0.25) is 9.59 Å². The van der Waals surface area contributed by atoms with Gasteiger partial charge in [0.25, 0.3) is 11.7 Å². The number of aryl methyl sites for hydroxylation is 1. The van der Waals surface area contributed by atoms with Crippen molar-refractivity contribution >= 4 is 29.1 Å². The minimum atomic E-state index is -0.799. The first-order chi connectivity index (χ1) is 15.6. The summed E-state index contributed by atoms with van der Waals surface area (Å²) in [6.07, 6.45) is 1.54. The van der Waals surface area contributed by atoms with E-state index in [1.165, 1.54) is 17.0 Å². The third-order valence-electron chi connectivity index (χ3n) is 5.60. The molecule has 7 heteroatoms. The molecule has 0 aliphatic carbocycles. The topological polar surface area (TPSA) is 87.1 Å². The Bertz CT molecular complexity index is 1090. The lowest BCUT2D eigenvalue weighted by Crippen LogP contribution is -2.30. The number of halogens is 1. The Hall–Kier alpha value is -2.99. The molecular weight excluding hydrogens is 442 g/mol. The fraction of sp³-hybridized carbons (Fsp3) is 0.385. The van der Waals surface area contributed by atoms with Crippen LogP contribution in [0.4, 0.5) is 0 Å². The van der Waals surface area contributed by atoms with E-state index in [4.69, 9.17) is 16.3 Å². The van der Waals surface area contributed by atoms with Gasteiger partial charge in [-0.1, -0.05) is 44.9 Å². The number of phenols is 1. The third kappa shape index (κ3) is 5.17. The van der Waals surface area contributed by atoms with E-state index in [0.717, 1.165) is 12.0 Å². The highest BCUT2D eigenvalue weighted by Crippen LogP contribution is 2.41. The molecule has 2 aromatic rings. The number of phenolic OH excluding ortho intramolecular Hbond substituents is 1. The van der Waals surface area contributed by atoms with Crippen LogP contribution < -0.4 is 4.74 Å². The first kappa shape index (κ1) is 24.6. The number of ether oxygens (including phenoxy) is 1. The number of aliphatic hydroxyl groups is 1. The lowest BCUT2D eigenvalue weighted by Gasteiger charge is -2.25. The molecule has 6 nitrogen and oxygen atoms in total. The molecule has 1 atom stereocenters. The maximum absolute atomic E-state index is 13.0. The number of ketones is 1.